The zero-order chi connectivity index (χ0) is 85.6. The number of pyridine rings is 8. The molecule has 0 unspecified atom stereocenters. The van der Waals surface area contributed by atoms with Gasteiger partial charge < -0.3 is 31.5 Å². The van der Waals surface area contributed by atoms with E-state index in [1.165, 1.54) is 30.3 Å². The Morgan fingerprint density at radius 2 is 0.698 bits per heavy atom. The highest BCUT2D eigenvalue weighted by Crippen LogP contribution is 2.41. The Hall–Kier alpha value is -12.4. The van der Waals surface area contributed by atoms with Crippen LogP contribution in [0.2, 0.25) is 0 Å². The zero-order valence-corrected chi connectivity index (χ0v) is 64.8. The highest BCUT2D eigenvalue weighted by atomic mass is 19.4. The minimum absolute atomic E-state index is 0.0503. The summed E-state index contributed by atoms with van der Waals surface area (Å²) >= 11 is 0. The van der Waals surface area contributed by atoms with Crippen molar-refractivity contribution in [1.29, 1.82) is 0 Å². The summed E-state index contributed by atoms with van der Waals surface area (Å²) in [5, 5.41) is 27.2. The standard InChI is InChI=1S/C21H20F3N3O.C21H18F3N3O.C20H18F3N3O.C20H16F3N3O.2C2H6O/c2*1-12(2)14-9-16-13(3)8-18(27-19(16)17(10-14)21(22,23)24)20(28)26-11-15-6-4-5-7-25-15;2*1-3-13-9-15-12(2)8-17(26-18(15)16(10-13)20(21,22)23)19(27)25-11-14-6-4-5-7-24-14;2*1-2-3/h4-10,12H,11H2,1-3H3,(H,26,28);4-10H,1,11H2,2-3H3,(H,26,28);4-10H,3,11H2,1-2H3,(H,25,27);3-10H,1,11H2,2H3,(H,25,27);2*3H,2H2,1H3. The highest BCUT2D eigenvalue weighted by molar-refractivity contribution is 6.00. The molecule has 0 atom stereocenters. The first kappa shape index (κ1) is 90.7. The predicted octanol–water partition coefficient (Wildman–Crippen LogP) is 18.9. The van der Waals surface area contributed by atoms with Crippen LogP contribution in [-0.2, 0) is 57.3 Å². The maximum Gasteiger partial charge on any atom is 0.418 e. The molecule has 0 saturated carbocycles. The summed E-state index contributed by atoms with van der Waals surface area (Å²) in [6.07, 6.45) is -10.1. The molecule has 0 aliphatic carbocycles. The molecule has 0 bridgehead atoms. The molecule has 0 spiro atoms. The molecule has 12 aromatic rings. The minimum Gasteiger partial charge on any atom is -0.397 e. The lowest BCUT2D eigenvalue weighted by molar-refractivity contribution is -0.137. The highest BCUT2D eigenvalue weighted by Gasteiger charge is 2.38. The third kappa shape index (κ3) is 24.8. The summed E-state index contributed by atoms with van der Waals surface area (Å²) in [5.41, 5.74) is 2.57. The predicted molar refractivity (Wildman–Crippen MR) is 421 cm³/mol. The van der Waals surface area contributed by atoms with Crippen molar-refractivity contribution in [1.82, 2.24) is 61.1 Å². The van der Waals surface area contributed by atoms with E-state index in [4.69, 9.17) is 10.2 Å². The van der Waals surface area contributed by atoms with E-state index in [0.29, 0.717) is 101 Å². The van der Waals surface area contributed by atoms with Crippen molar-refractivity contribution in [2.24, 2.45) is 0 Å². The zero-order valence-electron chi connectivity index (χ0n) is 64.8. The van der Waals surface area contributed by atoms with Gasteiger partial charge in [-0.25, -0.2) is 19.9 Å². The lowest BCUT2D eigenvalue weighted by Crippen LogP contribution is -2.24. The molecule has 8 heterocycles. The SMILES string of the molecule is C=C(C)c1cc(C(F)(F)F)c2nc(C(=O)NCc3ccccn3)cc(C)c2c1.C=Cc1cc(C(F)(F)F)c2nc(C(=O)NCc3ccccn3)cc(C)c2c1.CCO.CCO.CCc1cc(C(F)(F)F)c2nc(C(=O)NCc3ccccn3)cc(C)c2c1.Cc1cc(C(=O)NCc2ccccn2)nc2c(C(F)(F)F)cc(C(C)C)cc12. The third-order valence-electron chi connectivity index (χ3n) is 17.2. The lowest BCUT2D eigenvalue weighted by atomic mass is 9.95. The number of nitrogens with zero attached hydrogens (tertiary/aromatic N) is 8. The molecule has 12 rings (SSSR count). The van der Waals surface area contributed by atoms with Gasteiger partial charge in [0.25, 0.3) is 23.6 Å². The fourth-order valence-corrected chi connectivity index (χ4v) is 11.4. The summed E-state index contributed by atoms with van der Waals surface area (Å²) in [6, 6.07) is 37.9. The summed E-state index contributed by atoms with van der Waals surface area (Å²) in [7, 11) is 0. The van der Waals surface area contributed by atoms with Crippen LogP contribution in [0.4, 0.5) is 52.7 Å². The van der Waals surface area contributed by atoms with E-state index >= 15 is 0 Å². The van der Waals surface area contributed by atoms with E-state index in [9.17, 15) is 71.9 Å². The molecule has 0 aliphatic heterocycles. The fourth-order valence-electron chi connectivity index (χ4n) is 11.4. The van der Waals surface area contributed by atoms with Gasteiger partial charge in [-0.2, -0.15) is 52.7 Å². The number of aliphatic hydroxyl groups is 2. The van der Waals surface area contributed by atoms with E-state index in [1.54, 1.807) is 177 Å². The Morgan fingerprint density at radius 1 is 0.414 bits per heavy atom. The van der Waals surface area contributed by atoms with Crippen LogP contribution in [0.25, 0.3) is 55.3 Å². The largest absolute Gasteiger partial charge is 0.418 e. The number of amides is 4. The topological polar surface area (TPSA) is 260 Å². The van der Waals surface area contributed by atoms with Crippen LogP contribution in [0.3, 0.4) is 0 Å². The average molecular weight is 1610 g/mol. The first-order valence-corrected chi connectivity index (χ1v) is 36.1. The average Bonchev–Trinajstić information content (AvgIpc) is 0.779. The Labute approximate surface area is 660 Å². The number of rotatable bonds is 16. The molecule has 18 nitrogen and oxygen atoms in total. The first-order valence-electron chi connectivity index (χ1n) is 36.1. The van der Waals surface area contributed by atoms with Gasteiger partial charge >= 0.3 is 24.7 Å². The Morgan fingerprint density at radius 3 is 0.974 bits per heavy atom. The van der Waals surface area contributed by atoms with E-state index in [0.717, 1.165) is 24.3 Å². The second-order valence-electron chi connectivity index (χ2n) is 26.3. The molecule has 0 aliphatic rings. The number of hydrogen-bond donors (Lipinski definition) is 6. The Balaban J connectivity index is 0.000000209. The number of halogens is 12. The van der Waals surface area contributed by atoms with Crippen LogP contribution in [0.5, 0.6) is 0 Å². The van der Waals surface area contributed by atoms with Crippen LogP contribution in [0.1, 0.15) is 179 Å². The number of carbonyl (C=O) groups excluding carboxylic acids is 4. The quantitative estimate of drug-likeness (QED) is 0.0492. The third-order valence-corrected chi connectivity index (χ3v) is 17.2. The molecule has 608 valence electrons. The number of nitrogens with one attached hydrogen (secondary N) is 4. The van der Waals surface area contributed by atoms with Gasteiger partial charge in [-0.3, -0.25) is 39.1 Å². The van der Waals surface area contributed by atoms with Crippen molar-refractivity contribution < 1.29 is 82.1 Å². The van der Waals surface area contributed by atoms with Gasteiger partial charge in [0.05, 0.1) is 93.3 Å². The number of hydrogen-bond acceptors (Lipinski definition) is 14. The summed E-state index contributed by atoms with van der Waals surface area (Å²) in [5.74, 6) is -2.28. The maximum atomic E-state index is 13.6. The second kappa shape index (κ2) is 40.5. The molecule has 0 fully saturated rings. The van der Waals surface area contributed by atoms with Crippen LogP contribution >= 0.6 is 0 Å². The summed E-state index contributed by atoms with van der Waals surface area (Å²) < 4.78 is 163. The van der Waals surface area contributed by atoms with Crippen molar-refractivity contribution in [3.05, 3.63) is 296 Å². The Kier molecular flexibility index (Phi) is 31.7. The fraction of sp³-hybridized carbons (Fsp3) is 0.256. The summed E-state index contributed by atoms with van der Waals surface area (Å²) in [4.78, 5) is 82.2. The second-order valence-corrected chi connectivity index (χ2v) is 26.3. The number of aryl methyl sites for hydroxylation is 5. The van der Waals surface area contributed by atoms with Crippen molar-refractivity contribution in [3.63, 3.8) is 0 Å². The number of fused-ring (bicyclic) bond motifs is 4. The lowest BCUT2D eigenvalue weighted by Gasteiger charge is -2.16. The molecule has 4 aromatic carbocycles. The van der Waals surface area contributed by atoms with E-state index in [2.05, 4.69) is 74.3 Å². The molecule has 6 N–H and O–H groups in total. The van der Waals surface area contributed by atoms with Gasteiger partial charge in [-0.15, -0.1) is 0 Å². The van der Waals surface area contributed by atoms with Crippen LogP contribution in [0, 0.1) is 27.7 Å². The number of benzene rings is 4. The van der Waals surface area contributed by atoms with Crippen LogP contribution in [0.15, 0.2) is 184 Å². The first-order chi connectivity index (χ1) is 54.7. The van der Waals surface area contributed by atoms with Gasteiger partial charge in [0.2, 0.25) is 0 Å². The molecule has 8 aromatic heterocycles. The van der Waals surface area contributed by atoms with E-state index in [-0.39, 0.29) is 90.2 Å². The van der Waals surface area contributed by atoms with Gasteiger partial charge in [-0.05, 0) is 227 Å². The van der Waals surface area contributed by atoms with Crippen LogP contribution < -0.4 is 21.3 Å². The van der Waals surface area contributed by atoms with Crippen molar-refractivity contribution in [3.8, 4) is 0 Å². The number of carbonyl (C=O) groups is 4. The molecule has 0 saturated heterocycles. The molecular weight excluding hydrogens is 1520 g/mol. The van der Waals surface area contributed by atoms with Gasteiger partial charge in [0.15, 0.2) is 0 Å². The maximum absolute atomic E-state index is 13.6. The van der Waals surface area contributed by atoms with Gasteiger partial charge in [0.1, 0.15) is 22.8 Å². The van der Waals surface area contributed by atoms with Gasteiger partial charge in [-0.1, -0.05) is 69.8 Å². The van der Waals surface area contributed by atoms with E-state index in [1.807, 2.05) is 13.8 Å². The number of alkyl halides is 12. The molecule has 30 heteroatoms. The van der Waals surface area contributed by atoms with Crippen molar-refractivity contribution >= 4 is 78.9 Å². The van der Waals surface area contributed by atoms with Crippen molar-refractivity contribution in [2.45, 2.75) is 132 Å². The summed E-state index contributed by atoms with van der Waals surface area (Å²) in [6.45, 7) is 25.5. The number of aromatic nitrogens is 8. The van der Waals surface area contributed by atoms with Crippen LogP contribution in [-0.4, -0.2) is 86.9 Å². The minimum atomic E-state index is -4.60. The van der Waals surface area contributed by atoms with E-state index < -0.39 is 70.6 Å². The monoisotopic (exact) mass is 1610 g/mol. The molecule has 0 radical (unpaired) electrons. The Bertz CT molecular complexity index is 5460. The number of allylic oxidation sites excluding steroid dienone is 1. The molecule has 4 amide bonds. The number of aliphatic hydroxyl groups excluding tert-OH is 2. The molecular formula is C86H84F12N12O6. The van der Waals surface area contributed by atoms with Gasteiger partial charge in [0, 0.05) is 59.5 Å². The smallest absolute Gasteiger partial charge is 0.397 e. The van der Waals surface area contributed by atoms with Crippen molar-refractivity contribution in [2.75, 3.05) is 13.2 Å². The normalized spacial score (nSPS) is 11.3. The molecule has 116 heavy (non-hydrogen) atoms.